The second-order valence-electron chi connectivity index (χ2n) is 4.37. The Labute approximate surface area is 140 Å². The Morgan fingerprint density at radius 3 is 2.05 bits per heavy atom. The van der Waals surface area contributed by atoms with Crippen LogP contribution in [0.25, 0.3) is 0 Å². The highest BCUT2D eigenvalue weighted by atomic mass is 35.5. The molecule has 1 atom stereocenters. The van der Waals surface area contributed by atoms with Gasteiger partial charge < -0.3 is 4.57 Å². The lowest BCUT2D eigenvalue weighted by molar-refractivity contribution is 0.437. The van der Waals surface area contributed by atoms with Crippen molar-refractivity contribution in [1.82, 2.24) is 4.67 Å². The fourth-order valence-corrected chi connectivity index (χ4v) is 8.14. The molecule has 0 heterocycles. The molecule has 0 radical (unpaired) electrons. The molecule has 1 aromatic carbocycles. The summed E-state index contributed by atoms with van der Waals surface area (Å²) in [4.78, 5) is 0. The van der Waals surface area contributed by atoms with Crippen molar-refractivity contribution in [3.63, 3.8) is 0 Å². The van der Waals surface area contributed by atoms with E-state index in [0.29, 0.717) is 13.1 Å². The molecule has 1 aromatic rings. The van der Waals surface area contributed by atoms with Crippen LogP contribution in [0.4, 0.5) is 0 Å². The molecule has 20 heavy (non-hydrogen) atoms. The Morgan fingerprint density at radius 2 is 1.65 bits per heavy atom. The average Bonchev–Trinajstić information content (AvgIpc) is 2.40. The van der Waals surface area contributed by atoms with Crippen LogP contribution >= 0.6 is 53.7 Å². The van der Waals surface area contributed by atoms with Crippen molar-refractivity contribution >= 4 is 53.7 Å². The molecule has 0 aliphatic heterocycles. The molecule has 0 aliphatic rings. The summed E-state index contributed by atoms with van der Waals surface area (Å²) in [5.41, 5.74) is 0.888. The van der Waals surface area contributed by atoms with Gasteiger partial charge in [0.2, 0.25) is 7.29 Å². The zero-order valence-corrected chi connectivity index (χ0v) is 15.3. The summed E-state index contributed by atoms with van der Waals surface area (Å²) in [7, 11) is -3.37. The van der Waals surface area contributed by atoms with E-state index in [2.05, 4.69) is 0 Å². The molecule has 0 unspecified atom stereocenters. The van der Waals surface area contributed by atoms with Gasteiger partial charge in [-0.05, 0) is 5.56 Å². The zero-order chi connectivity index (χ0) is 15.4. The van der Waals surface area contributed by atoms with E-state index in [0.717, 1.165) is 5.56 Å². The van der Waals surface area contributed by atoms with Crippen molar-refractivity contribution in [1.29, 1.82) is 0 Å². The number of alkyl halides is 4. The summed E-state index contributed by atoms with van der Waals surface area (Å²) in [6.07, 6.45) is 0.223. The summed E-state index contributed by atoms with van der Waals surface area (Å²) in [5, 5.41) is 0. The van der Waals surface area contributed by atoms with Gasteiger partial charge in [0.1, 0.15) is 0 Å². The fourth-order valence-electron chi connectivity index (χ4n) is 2.07. The van der Waals surface area contributed by atoms with Crippen molar-refractivity contribution in [2.45, 2.75) is 28.9 Å². The Balaban J connectivity index is 3.15. The molecule has 1 rings (SSSR count). The second kappa shape index (κ2) is 7.72. The Hall–Kier alpha value is 0.570. The van der Waals surface area contributed by atoms with Crippen LogP contribution in [0.3, 0.4) is 0 Å². The second-order valence-corrected chi connectivity index (χ2v) is 11.2. The van der Waals surface area contributed by atoms with E-state index in [9.17, 15) is 4.57 Å². The van der Waals surface area contributed by atoms with Crippen LogP contribution in [-0.2, 0) is 11.0 Å². The quantitative estimate of drug-likeness (QED) is 0.446. The van der Waals surface area contributed by atoms with Crippen LogP contribution in [-0.4, -0.2) is 26.4 Å². The molecule has 7 heteroatoms. The molecule has 0 aliphatic carbocycles. The smallest absolute Gasteiger partial charge is 0.216 e. The van der Waals surface area contributed by atoms with Crippen LogP contribution in [0.15, 0.2) is 30.3 Å². The molecule has 0 saturated carbocycles. The summed E-state index contributed by atoms with van der Waals surface area (Å²) in [6.45, 7) is 4.77. The van der Waals surface area contributed by atoms with Crippen LogP contribution in [0, 0.1) is 0 Å². The lowest BCUT2D eigenvalue weighted by Gasteiger charge is -2.38. The van der Waals surface area contributed by atoms with E-state index in [-0.39, 0.29) is 6.42 Å². The summed E-state index contributed by atoms with van der Waals surface area (Å²) < 4.78 is 12.3. The Bertz CT molecular complexity index is 463. The number of rotatable bonds is 7. The minimum atomic E-state index is -3.37. The lowest BCUT2D eigenvalue weighted by Crippen LogP contribution is -2.33. The number of nitrogens with zero attached hydrogens (tertiary/aromatic N) is 1. The van der Waals surface area contributed by atoms with Crippen molar-refractivity contribution in [2.24, 2.45) is 0 Å². The van der Waals surface area contributed by atoms with E-state index < -0.39 is 15.9 Å². The SMILES string of the molecule is CCN(CC)[P@](=O)(C(Cl)Cl)C(Cl)(Cl)Cc1ccccc1. The maximum atomic E-state index is 13.3. The monoisotopic (exact) mass is 375 g/mol. The van der Waals surface area contributed by atoms with Crippen LogP contribution in [0.2, 0.25) is 0 Å². The van der Waals surface area contributed by atoms with E-state index >= 15 is 0 Å². The van der Waals surface area contributed by atoms with Crippen molar-refractivity contribution < 1.29 is 4.57 Å². The largest absolute Gasteiger partial charge is 0.300 e. The van der Waals surface area contributed by atoms with Gasteiger partial charge in [-0.2, -0.15) is 0 Å². The van der Waals surface area contributed by atoms with Crippen LogP contribution in [0.5, 0.6) is 0 Å². The Kier molecular flexibility index (Phi) is 7.19. The van der Waals surface area contributed by atoms with E-state index in [4.69, 9.17) is 46.4 Å². The van der Waals surface area contributed by atoms with Gasteiger partial charge in [-0.3, -0.25) is 0 Å². The van der Waals surface area contributed by atoms with Gasteiger partial charge in [0, 0.05) is 19.5 Å². The minimum absolute atomic E-state index is 0.223. The number of hydrogen-bond donors (Lipinski definition) is 0. The van der Waals surface area contributed by atoms with E-state index in [1.165, 1.54) is 0 Å². The molecule has 114 valence electrons. The Morgan fingerprint density at radius 1 is 1.15 bits per heavy atom. The lowest BCUT2D eigenvalue weighted by atomic mass is 10.2. The highest BCUT2D eigenvalue weighted by molar-refractivity contribution is 7.71. The summed E-state index contributed by atoms with van der Waals surface area (Å²) in [6, 6.07) is 9.40. The van der Waals surface area contributed by atoms with Gasteiger partial charge in [0.15, 0.2) is 8.65 Å². The summed E-state index contributed by atoms with van der Waals surface area (Å²) in [5.74, 6) is 0. The van der Waals surface area contributed by atoms with Crippen molar-refractivity contribution in [3.05, 3.63) is 35.9 Å². The molecule has 0 saturated heterocycles. The van der Waals surface area contributed by atoms with Gasteiger partial charge in [0.05, 0.1) is 0 Å². The first-order chi connectivity index (χ1) is 9.29. The van der Waals surface area contributed by atoms with Crippen molar-refractivity contribution in [2.75, 3.05) is 13.1 Å². The van der Waals surface area contributed by atoms with Crippen LogP contribution in [0.1, 0.15) is 19.4 Å². The fraction of sp³-hybridized carbons (Fsp3) is 0.538. The topological polar surface area (TPSA) is 20.3 Å². The van der Waals surface area contributed by atoms with E-state index in [1.54, 1.807) is 4.67 Å². The van der Waals surface area contributed by atoms with Gasteiger partial charge in [-0.15, -0.1) is 0 Å². The molecule has 0 amide bonds. The van der Waals surface area contributed by atoms with E-state index in [1.807, 2.05) is 44.2 Å². The van der Waals surface area contributed by atoms with Crippen LogP contribution < -0.4 is 0 Å². The first kappa shape index (κ1) is 18.6. The average molecular weight is 377 g/mol. The maximum Gasteiger partial charge on any atom is 0.216 e. The molecule has 0 bridgehead atoms. The highest BCUT2D eigenvalue weighted by Crippen LogP contribution is 2.71. The highest BCUT2D eigenvalue weighted by Gasteiger charge is 2.53. The number of benzene rings is 1. The first-order valence-electron chi connectivity index (χ1n) is 6.34. The standard InChI is InChI=1S/C13H18Cl4NOP/c1-3-18(4-2)20(19,12(14)15)13(16,17)10-11-8-6-5-7-9-11/h5-9,12H,3-4,10H2,1-2H3/t20-/m0/s1. The minimum Gasteiger partial charge on any atom is -0.300 e. The molecule has 2 nitrogen and oxygen atoms in total. The first-order valence-corrected chi connectivity index (χ1v) is 9.70. The predicted octanol–water partition coefficient (Wildman–Crippen LogP) is 5.74. The van der Waals surface area contributed by atoms with Gasteiger partial charge >= 0.3 is 0 Å². The molecule has 0 aromatic heterocycles. The molecular weight excluding hydrogens is 359 g/mol. The third kappa shape index (κ3) is 3.85. The third-order valence-corrected chi connectivity index (χ3v) is 9.48. The summed E-state index contributed by atoms with van der Waals surface area (Å²) >= 11 is 24.8. The molecule has 0 N–H and O–H groups in total. The third-order valence-electron chi connectivity index (χ3n) is 3.14. The predicted molar refractivity (Wildman–Crippen MR) is 90.6 cm³/mol. The number of halogens is 4. The van der Waals surface area contributed by atoms with Crippen molar-refractivity contribution in [3.8, 4) is 0 Å². The zero-order valence-electron chi connectivity index (χ0n) is 11.4. The molecule has 0 fully saturated rings. The molecular formula is C13H18Cl4NOP. The molecule has 0 spiro atoms. The number of hydrogen-bond acceptors (Lipinski definition) is 1. The van der Waals surface area contributed by atoms with Gasteiger partial charge in [-0.1, -0.05) is 90.6 Å². The van der Waals surface area contributed by atoms with Gasteiger partial charge in [-0.25, -0.2) is 4.67 Å². The maximum absolute atomic E-state index is 13.3. The van der Waals surface area contributed by atoms with Gasteiger partial charge in [0.25, 0.3) is 0 Å². The normalized spacial score (nSPS) is 15.6.